The number of carbonyl (C=O) groups excluding carboxylic acids is 1. The highest BCUT2D eigenvalue weighted by molar-refractivity contribution is 5.94. The van der Waals surface area contributed by atoms with Gasteiger partial charge in [-0.1, -0.05) is 13.8 Å². The van der Waals surface area contributed by atoms with Crippen LogP contribution in [0.15, 0.2) is 24.3 Å². The predicted octanol–water partition coefficient (Wildman–Crippen LogP) is 2.38. The Bertz CT molecular complexity index is 497. The van der Waals surface area contributed by atoms with Crippen LogP contribution >= 0.6 is 0 Å². The molecule has 1 aromatic rings. The lowest BCUT2D eigenvalue weighted by atomic mass is 9.87. The Labute approximate surface area is 132 Å². The number of hydrogen-bond acceptors (Lipinski definition) is 4. The van der Waals surface area contributed by atoms with Gasteiger partial charge >= 0.3 is 0 Å². The molecular weight excluding hydrogens is 280 g/mol. The van der Waals surface area contributed by atoms with Crippen LogP contribution in [-0.2, 0) is 9.53 Å². The van der Waals surface area contributed by atoms with Crippen molar-refractivity contribution in [3.05, 3.63) is 24.3 Å². The number of rotatable bonds is 7. The molecule has 0 saturated carbocycles. The van der Waals surface area contributed by atoms with Crippen LogP contribution in [0.2, 0.25) is 0 Å². The molecule has 1 aliphatic rings. The van der Waals surface area contributed by atoms with Gasteiger partial charge in [0, 0.05) is 17.6 Å². The lowest BCUT2D eigenvalue weighted by molar-refractivity contribution is -0.130. The third kappa shape index (κ3) is 3.99. The first-order valence-electron chi connectivity index (χ1n) is 7.70. The lowest BCUT2D eigenvalue weighted by Crippen LogP contribution is -2.52. The quantitative estimate of drug-likeness (QED) is 0.840. The summed E-state index contributed by atoms with van der Waals surface area (Å²) in [5.74, 6) is 0.805. The molecule has 1 fully saturated rings. The van der Waals surface area contributed by atoms with E-state index in [0.29, 0.717) is 0 Å². The van der Waals surface area contributed by atoms with Crippen molar-refractivity contribution in [1.82, 2.24) is 4.90 Å². The fourth-order valence-corrected chi connectivity index (χ4v) is 2.85. The summed E-state index contributed by atoms with van der Waals surface area (Å²) in [7, 11) is 3.63. The first-order valence-corrected chi connectivity index (χ1v) is 7.70. The molecule has 0 unspecified atom stereocenters. The van der Waals surface area contributed by atoms with Gasteiger partial charge in [-0.3, -0.25) is 9.69 Å². The minimum atomic E-state index is -0.139. The smallest absolute Gasteiger partial charge is 0.241 e. The van der Waals surface area contributed by atoms with E-state index in [9.17, 15) is 4.79 Å². The van der Waals surface area contributed by atoms with Gasteiger partial charge in [0.2, 0.25) is 5.91 Å². The summed E-state index contributed by atoms with van der Waals surface area (Å²) < 4.78 is 10.4. The number of ether oxygens (including phenoxy) is 2. The maximum Gasteiger partial charge on any atom is 0.241 e. The van der Waals surface area contributed by atoms with Crippen molar-refractivity contribution < 1.29 is 14.3 Å². The first kappa shape index (κ1) is 16.8. The summed E-state index contributed by atoms with van der Waals surface area (Å²) >= 11 is 0. The van der Waals surface area contributed by atoms with Crippen LogP contribution in [-0.4, -0.2) is 50.8 Å². The Kier molecular flexibility index (Phi) is 5.42. The van der Waals surface area contributed by atoms with Crippen molar-refractivity contribution >= 4 is 11.6 Å². The third-order valence-electron chi connectivity index (χ3n) is 4.11. The van der Waals surface area contributed by atoms with Crippen LogP contribution in [0.3, 0.4) is 0 Å². The fraction of sp³-hybridized carbons (Fsp3) is 0.588. The zero-order valence-electron chi connectivity index (χ0n) is 13.9. The van der Waals surface area contributed by atoms with Crippen molar-refractivity contribution in [3.8, 4) is 5.75 Å². The third-order valence-corrected chi connectivity index (χ3v) is 4.11. The normalized spacial score (nSPS) is 17.7. The van der Waals surface area contributed by atoms with Gasteiger partial charge in [-0.15, -0.1) is 0 Å². The fourth-order valence-electron chi connectivity index (χ4n) is 2.85. The second kappa shape index (κ2) is 7.11. The van der Waals surface area contributed by atoms with E-state index in [-0.39, 0.29) is 17.4 Å². The number of benzene rings is 1. The highest BCUT2D eigenvalue weighted by Crippen LogP contribution is 2.28. The van der Waals surface area contributed by atoms with Gasteiger partial charge in [-0.05, 0) is 37.7 Å². The molecule has 1 N–H and O–H groups in total. The van der Waals surface area contributed by atoms with Crippen molar-refractivity contribution in [2.75, 3.05) is 39.2 Å². The van der Waals surface area contributed by atoms with E-state index in [0.717, 1.165) is 37.6 Å². The molecular formula is C17H26N2O3. The largest absolute Gasteiger partial charge is 0.497 e. The number of anilines is 1. The van der Waals surface area contributed by atoms with E-state index in [1.807, 2.05) is 38.2 Å². The topological polar surface area (TPSA) is 50.8 Å². The molecule has 122 valence electrons. The molecule has 1 heterocycles. The van der Waals surface area contributed by atoms with Crippen molar-refractivity contribution in [2.45, 2.75) is 26.3 Å². The molecule has 1 aliphatic heterocycles. The molecule has 1 aromatic carbocycles. The van der Waals surface area contributed by atoms with E-state index in [1.165, 1.54) is 0 Å². The average molecular weight is 306 g/mol. The van der Waals surface area contributed by atoms with Crippen molar-refractivity contribution in [1.29, 1.82) is 0 Å². The predicted molar refractivity (Wildman–Crippen MR) is 87.3 cm³/mol. The summed E-state index contributed by atoms with van der Waals surface area (Å²) in [5.41, 5.74) is 0.957. The SMILES string of the molecule is CC[C@@H](C(=O)Nc1ccc(OC)cc1)N(C)CC1(C)COC1. The number of nitrogens with one attached hydrogen (secondary N) is 1. The number of hydrogen-bond donors (Lipinski definition) is 1. The van der Waals surface area contributed by atoms with E-state index >= 15 is 0 Å². The minimum absolute atomic E-state index is 0.0269. The molecule has 0 radical (unpaired) electrons. The van der Waals surface area contributed by atoms with E-state index < -0.39 is 0 Å². The number of methoxy groups -OCH3 is 1. The molecule has 2 rings (SSSR count). The Balaban J connectivity index is 1.95. The molecule has 0 aliphatic carbocycles. The number of amides is 1. The van der Waals surface area contributed by atoms with Gasteiger partial charge in [0.25, 0.3) is 0 Å². The van der Waals surface area contributed by atoms with E-state index in [4.69, 9.17) is 9.47 Å². The summed E-state index contributed by atoms with van der Waals surface area (Å²) in [6.07, 6.45) is 0.773. The van der Waals surface area contributed by atoms with Gasteiger partial charge in [0.15, 0.2) is 0 Å². The van der Waals surface area contributed by atoms with Crippen molar-refractivity contribution in [2.24, 2.45) is 5.41 Å². The highest BCUT2D eigenvalue weighted by atomic mass is 16.5. The van der Waals surface area contributed by atoms with Gasteiger partial charge in [-0.25, -0.2) is 0 Å². The molecule has 1 atom stereocenters. The Hall–Kier alpha value is -1.59. The summed E-state index contributed by atoms with van der Waals surface area (Å²) in [6.45, 7) is 6.64. The number of carbonyl (C=O) groups is 1. The Morgan fingerprint density at radius 3 is 2.50 bits per heavy atom. The second-order valence-electron chi connectivity index (χ2n) is 6.36. The Morgan fingerprint density at radius 1 is 1.41 bits per heavy atom. The molecule has 0 bridgehead atoms. The first-order chi connectivity index (χ1) is 10.5. The van der Waals surface area contributed by atoms with Crippen LogP contribution in [0.4, 0.5) is 5.69 Å². The molecule has 1 saturated heterocycles. The molecule has 1 amide bonds. The summed E-state index contributed by atoms with van der Waals surface area (Å²) in [4.78, 5) is 14.6. The molecule has 0 aromatic heterocycles. The standard InChI is InChI=1S/C17H26N2O3/c1-5-15(19(3)10-17(2)11-22-12-17)16(20)18-13-6-8-14(21-4)9-7-13/h6-9,15H,5,10-12H2,1-4H3,(H,18,20)/t15-/m0/s1. The highest BCUT2D eigenvalue weighted by Gasteiger charge is 2.36. The van der Waals surface area contributed by atoms with Gasteiger partial charge in [-0.2, -0.15) is 0 Å². The second-order valence-corrected chi connectivity index (χ2v) is 6.36. The van der Waals surface area contributed by atoms with Crippen LogP contribution in [0.1, 0.15) is 20.3 Å². The monoisotopic (exact) mass is 306 g/mol. The number of nitrogens with zero attached hydrogens (tertiary/aromatic N) is 1. The van der Waals surface area contributed by atoms with Crippen LogP contribution in [0.5, 0.6) is 5.75 Å². The van der Waals surface area contributed by atoms with Gasteiger partial charge in [0.05, 0.1) is 26.4 Å². The maximum absolute atomic E-state index is 12.5. The summed E-state index contributed by atoms with van der Waals surface area (Å²) in [6, 6.07) is 7.24. The maximum atomic E-state index is 12.5. The van der Waals surface area contributed by atoms with E-state index in [2.05, 4.69) is 17.1 Å². The van der Waals surface area contributed by atoms with Crippen molar-refractivity contribution in [3.63, 3.8) is 0 Å². The molecule has 5 heteroatoms. The zero-order chi connectivity index (χ0) is 16.2. The van der Waals surface area contributed by atoms with Gasteiger partial charge < -0.3 is 14.8 Å². The van der Waals surface area contributed by atoms with Crippen LogP contribution in [0, 0.1) is 5.41 Å². The average Bonchev–Trinajstić information content (AvgIpc) is 2.47. The minimum Gasteiger partial charge on any atom is -0.497 e. The number of likely N-dealkylation sites (N-methyl/N-ethyl adjacent to an activating group) is 1. The molecule has 0 spiro atoms. The zero-order valence-corrected chi connectivity index (χ0v) is 13.9. The Morgan fingerprint density at radius 2 is 2.05 bits per heavy atom. The van der Waals surface area contributed by atoms with E-state index in [1.54, 1.807) is 7.11 Å². The molecule has 22 heavy (non-hydrogen) atoms. The van der Waals surface area contributed by atoms with Crippen LogP contribution < -0.4 is 10.1 Å². The summed E-state index contributed by atoms with van der Waals surface area (Å²) in [5, 5.41) is 2.98. The van der Waals surface area contributed by atoms with Gasteiger partial charge in [0.1, 0.15) is 5.75 Å². The molecule has 5 nitrogen and oxygen atoms in total. The lowest BCUT2D eigenvalue weighted by Gasteiger charge is -2.42. The van der Waals surface area contributed by atoms with Crippen LogP contribution in [0.25, 0.3) is 0 Å².